The topological polar surface area (TPSA) is 76.9 Å². The molecule has 0 spiro atoms. The maximum atomic E-state index is 8.71. The van der Waals surface area contributed by atoms with Crippen LogP contribution in [0, 0.1) is 18.3 Å². The maximum Gasteiger partial charge on any atom is 0.217 e. The highest BCUT2D eigenvalue weighted by atomic mass is 16.5. The summed E-state index contributed by atoms with van der Waals surface area (Å²) in [5.74, 6) is 1.30. The Bertz CT molecular complexity index is 610. The van der Waals surface area contributed by atoms with E-state index in [1.807, 2.05) is 20.0 Å². The summed E-state index contributed by atoms with van der Waals surface area (Å²) in [5, 5.41) is 12.9. The molecule has 0 aliphatic rings. The van der Waals surface area contributed by atoms with E-state index in [0.717, 1.165) is 11.3 Å². The minimum absolute atomic E-state index is 0.271. The van der Waals surface area contributed by atoms with Crippen molar-refractivity contribution >= 4 is 5.69 Å². The van der Waals surface area contributed by atoms with Gasteiger partial charge in [0.1, 0.15) is 5.75 Å². The fourth-order valence-electron chi connectivity index (χ4n) is 1.69. The zero-order valence-electron chi connectivity index (χ0n) is 10.3. The molecule has 2 aromatic rings. The minimum Gasteiger partial charge on any atom is -0.439 e. The van der Waals surface area contributed by atoms with Gasteiger partial charge in [-0.25, -0.2) is 4.68 Å². The number of aromatic nitrogens is 2. The molecule has 0 bridgehead atoms. The standard InChI is InChI=1S/C13H14N4O/c1-9-7-13(17(2)16-9)18-11-3-4-12(15)10(8-11)5-6-14/h3-4,7-8H,5,15H2,1-2H3. The van der Waals surface area contributed by atoms with Crippen molar-refractivity contribution in [2.45, 2.75) is 13.3 Å². The van der Waals surface area contributed by atoms with Crippen LogP contribution in [0.1, 0.15) is 11.3 Å². The molecule has 18 heavy (non-hydrogen) atoms. The molecule has 0 fully saturated rings. The van der Waals surface area contributed by atoms with Gasteiger partial charge in [0.2, 0.25) is 5.88 Å². The van der Waals surface area contributed by atoms with Gasteiger partial charge in [0.15, 0.2) is 0 Å². The molecule has 0 aliphatic heterocycles. The van der Waals surface area contributed by atoms with E-state index >= 15 is 0 Å². The molecule has 0 unspecified atom stereocenters. The smallest absolute Gasteiger partial charge is 0.217 e. The number of nitriles is 1. The van der Waals surface area contributed by atoms with Crippen molar-refractivity contribution < 1.29 is 4.74 Å². The van der Waals surface area contributed by atoms with Gasteiger partial charge in [-0.2, -0.15) is 10.4 Å². The van der Waals surface area contributed by atoms with E-state index in [1.54, 1.807) is 22.9 Å². The van der Waals surface area contributed by atoms with Gasteiger partial charge in [0, 0.05) is 18.8 Å². The molecule has 2 N–H and O–H groups in total. The fraction of sp³-hybridized carbons (Fsp3) is 0.231. The molecule has 2 rings (SSSR count). The van der Waals surface area contributed by atoms with Gasteiger partial charge in [-0.1, -0.05) is 0 Å². The molecule has 0 radical (unpaired) electrons. The highest BCUT2D eigenvalue weighted by Gasteiger charge is 2.06. The summed E-state index contributed by atoms with van der Waals surface area (Å²) in [4.78, 5) is 0. The molecular formula is C13H14N4O. The van der Waals surface area contributed by atoms with Crippen LogP contribution in [0.25, 0.3) is 0 Å². The molecule has 0 atom stereocenters. The number of nitrogen functional groups attached to an aromatic ring is 1. The van der Waals surface area contributed by atoms with E-state index in [-0.39, 0.29) is 6.42 Å². The van der Waals surface area contributed by atoms with Crippen molar-refractivity contribution in [1.29, 1.82) is 5.26 Å². The van der Waals surface area contributed by atoms with Crippen LogP contribution in [0.3, 0.4) is 0 Å². The van der Waals surface area contributed by atoms with Gasteiger partial charge >= 0.3 is 0 Å². The molecule has 1 aromatic carbocycles. The van der Waals surface area contributed by atoms with E-state index in [0.29, 0.717) is 17.3 Å². The van der Waals surface area contributed by atoms with E-state index in [1.165, 1.54) is 0 Å². The number of nitrogens with two attached hydrogens (primary N) is 1. The molecule has 5 nitrogen and oxygen atoms in total. The largest absolute Gasteiger partial charge is 0.439 e. The van der Waals surface area contributed by atoms with E-state index < -0.39 is 0 Å². The maximum absolute atomic E-state index is 8.71. The SMILES string of the molecule is Cc1cc(Oc2ccc(N)c(CC#N)c2)n(C)n1. The molecule has 1 heterocycles. The number of nitrogens with zero attached hydrogens (tertiary/aromatic N) is 3. The van der Waals surface area contributed by atoms with Crippen LogP contribution in [0.5, 0.6) is 11.6 Å². The molecule has 0 aliphatic carbocycles. The first-order valence-electron chi connectivity index (χ1n) is 5.54. The Morgan fingerprint density at radius 3 is 2.83 bits per heavy atom. The molecule has 1 aromatic heterocycles. The fourth-order valence-corrected chi connectivity index (χ4v) is 1.69. The molecule has 0 amide bonds. The Hall–Kier alpha value is -2.48. The van der Waals surface area contributed by atoms with Crippen LogP contribution in [0.15, 0.2) is 24.3 Å². The molecular weight excluding hydrogens is 228 g/mol. The number of ether oxygens (including phenoxy) is 1. The zero-order valence-corrected chi connectivity index (χ0v) is 10.3. The average molecular weight is 242 g/mol. The highest BCUT2D eigenvalue weighted by molar-refractivity contribution is 5.52. The summed E-state index contributed by atoms with van der Waals surface area (Å²) < 4.78 is 7.37. The second-order valence-electron chi connectivity index (χ2n) is 4.05. The second kappa shape index (κ2) is 4.80. The monoisotopic (exact) mass is 242 g/mol. The third kappa shape index (κ3) is 2.43. The van der Waals surface area contributed by atoms with Crippen molar-refractivity contribution in [3.63, 3.8) is 0 Å². The van der Waals surface area contributed by atoms with Crippen molar-refractivity contribution in [1.82, 2.24) is 9.78 Å². The number of benzene rings is 1. The van der Waals surface area contributed by atoms with Crippen LogP contribution in [0.2, 0.25) is 0 Å². The summed E-state index contributed by atoms with van der Waals surface area (Å²) in [5.41, 5.74) is 8.04. The van der Waals surface area contributed by atoms with Gasteiger partial charge in [0.25, 0.3) is 0 Å². The predicted octanol–water partition coefficient (Wildman–Crippen LogP) is 2.17. The quantitative estimate of drug-likeness (QED) is 0.837. The Morgan fingerprint density at radius 2 is 2.22 bits per heavy atom. The lowest BCUT2D eigenvalue weighted by Gasteiger charge is -2.08. The van der Waals surface area contributed by atoms with Crippen molar-refractivity contribution in [3.05, 3.63) is 35.5 Å². The van der Waals surface area contributed by atoms with Crippen molar-refractivity contribution in [2.75, 3.05) is 5.73 Å². The molecule has 92 valence electrons. The molecule has 0 saturated heterocycles. The second-order valence-corrected chi connectivity index (χ2v) is 4.05. The lowest BCUT2D eigenvalue weighted by Crippen LogP contribution is -1.97. The van der Waals surface area contributed by atoms with Crippen LogP contribution in [-0.2, 0) is 13.5 Å². The normalized spacial score (nSPS) is 10.1. The number of hydrogen-bond donors (Lipinski definition) is 1. The Labute approximate surface area is 105 Å². The van der Waals surface area contributed by atoms with Crippen LogP contribution >= 0.6 is 0 Å². The number of hydrogen-bond acceptors (Lipinski definition) is 4. The summed E-state index contributed by atoms with van der Waals surface area (Å²) in [6.45, 7) is 1.90. The number of rotatable bonds is 3. The van der Waals surface area contributed by atoms with Crippen molar-refractivity contribution in [2.24, 2.45) is 7.05 Å². The number of anilines is 1. The predicted molar refractivity (Wildman–Crippen MR) is 68.2 cm³/mol. The first-order chi connectivity index (χ1) is 8.60. The third-order valence-electron chi connectivity index (χ3n) is 2.57. The number of aryl methyl sites for hydroxylation is 2. The van der Waals surface area contributed by atoms with Gasteiger partial charge in [-0.3, -0.25) is 0 Å². The van der Waals surface area contributed by atoms with Crippen molar-refractivity contribution in [3.8, 4) is 17.7 Å². The zero-order chi connectivity index (χ0) is 13.1. The third-order valence-corrected chi connectivity index (χ3v) is 2.57. The Kier molecular flexibility index (Phi) is 3.20. The summed E-state index contributed by atoms with van der Waals surface area (Å²) in [7, 11) is 1.82. The first-order valence-corrected chi connectivity index (χ1v) is 5.54. The Balaban J connectivity index is 2.27. The van der Waals surface area contributed by atoms with E-state index in [9.17, 15) is 0 Å². The average Bonchev–Trinajstić information content (AvgIpc) is 2.62. The molecule has 0 saturated carbocycles. The van der Waals surface area contributed by atoms with E-state index in [4.69, 9.17) is 15.7 Å². The first kappa shape index (κ1) is 12.0. The van der Waals surface area contributed by atoms with Gasteiger partial charge in [-0.05, 0) is 30.7 Å². The van der Waals surface area contributed by atoms with Gasteiger partial charge in [-0.15, -0.1) is 0 Å². The lowest BCUT2D eigenvalue weighted by atomic mass is 10.1. The van der Waals surface area contributed by atoms with Crippen LogP contribution in [-0.4, -0.2) is 9.78 Å². The van der Waals surface area contributed by atoms with Gasteiger partial charge < -0.3 is 10.5 Å². The Morgan fingerprint density at radius 1 is 1.44 bits per heavy atom. The summed E-state index contributed by atoms with van der Waals surface area (Å²) in [6.07, 6.45) is 0.271. The summed E-state index contributed by atoms with van der Waals surface area (Å²) >= 11 is 0. The van der Waals surface area contributed by atoms with Crippen LogP contribution < -0.4 is 10.5 Å². The highest BCUT2D eigenvalue weighted by Crippen LogP contribution is 2.25. The van der Waals surface area contributed by atoms with Gasteiger partial charge in [0.05, 0.1) is 18.2 Å². The van der Waals surface area contributed by atoms with E-state index in [2.05, 4.69) is 11.2 Å². The minimum atomic E-state index is 0.271. The lowest BCUT2D eigenvalue weighted by molar-refractivity contribution is 0.430. The summed E-state index contributed by atoms with van der Waals surface area (Å²) in [6, 6.07) is 9.22. The van der Waals surface area contributed by atoms with Crippen LogP contribution in [0.4, 0.5) is 5.69 Å². The molecule has 5 heteroatoms.